The summed E-state index contributed by atoms with van der Waals surface area (Å²) in [4.78, 5) is 24.6. The van der Waals surface area contributed by atoms with Gasteiger partial charge in [-0.05, 0) is 32.0 Å². The molecule has 1 aromatic rings. The Balaban J connectivity index is 0.000000351. The smallest absolute Gasteiger partial charge is 0.486 e. The lowest BCUT2D eigenvalue weighted by atomic mass is 9.94. The zero-order valence-electron chi connectivity index (χ0n) is 12.5. The average Bonchev–Trinajstić information content (AvgIpc) is 2.53. The standard InChI is InChI=1S/C12H15ClN2O2.C2HF3O2/c13-12-7-10(3-6-15-12)17-8-11(16)9-1-4-14-5-2-9;3-2(4,5)1(6)7/h3,6-7,9,14H,1-2,4-5,8H2;(H,6,7). The molecule has 6 nitrogen and oxygen atoms in total. The number of aromatic nitrogens is 1. The van der Waals surface area contributed by atoms with E-state index in [4.69, 9.17) is 26.2 Å². The molecule has 24 heavy (non-hydrogen) atoms. The van der Waals surface area contributed by atoms with E-state index in [9.17, 15) is 18.0 Å². The first-order valence-electron chi connectivity index (χ1n) is 6.98. The number of carboxylic acids is 1. The number of Topliss-reactive ketones (excluding diaryl/α,β-unsaturated/α-hetero) is 1. The van der Waals surface area contributed by atoms with Crippen LogP contribution in [0.15, 0.2) is 18.3 Å². The lowest BCUT2D eigenvalue weighted by molar-refractivity contribution is -0.192. The predicted octanol–water partition coefficient (Wildman–Crippen LogP) is 2.32. The number of pyridine rings is 1. The molecule has 0 bridgehead atoms. The monoisotopic (exact) mass is 368 g/mol. The van der Waals surface area contributed by atoms with Crippen molar-refractivity contribution in [3.8, 4) is 5.75 Å². The van der Waals surface area contributed by atoms with Crippen LogP contribution in [0.1, 0.15) is 12.8 Å². The Hall–Kier alpha value is -1.87. The number of hydrogen-bond donors (Lipinski definition) is 2. The van der Waals surface area contributed by atoms with E-state index in [1.54, 1.807) is 18.3 Å². The van der Waals surface area contributed by atoms with E-state index in [0.717, 1.165) is 25.9 Å². The maximum atomic E-state index is 11.9. The molecule has 0 aromatic carbocycles. The Morgan fingerprint density at radius 3 is 2.46 bits per heavy atom. The van der Waals surface area contributed by atoms with Crippen molar-refractivity contribution in [2.24, 2.45) is 5.92 Å². The summed E-state index contributed by atoms with van der Waals surface area (Å²) in [5.74, 6) is -1.87. The molecule has 1 aliphatic rings. The fraction of sp³-hybridized carbons (Fsp3) is 0.500. The lowest BCUT2D eigenvalue weighted by Gasteiger charge is -2.21. The van der Waals surface area contributed by atoms with Crippen LogP contribution in [0.2, 0.25) is 5.15 Å². The fourth-order valence-corrected chi connectivity index (χ4v) is 2.05. The Morgan fingerprint density at radius 2 is 1.96 bits per heavy atom. The third kappa shape index (κ3) is 7.60. The van der Waals surface area contributed by atoms with Gasteiger partial charge >= 0.3 is 12.1 Å². The Kier molecular flexibility index (Phi) is 7.93. The van der Waals surface area contributed by atoms with Crippen molar-refractivity contribution in [2.75, 3.05) is 19.7 Å². The maximum absolute atomic E-state index is 11.9. The summed E-state index contributed by atoms with van der Waals surface area (Å²) in [6.07, 6.45) is -1.72. The van der Waals surface area contributed by atoms with Gasteiger partial charge in [-0.2, -0.15) is 13.2 Å². The van der Waals surface area contributed by atoms with Crippen LogP contribution in [0.4, 0.5) is 13.2 Å². The molecule has 134 valence electrons. The number of alkyl halides is 3. The van der Waals surface area contributed by atoms with E-state index in [-0.39, 0.29) is 18.3 Å². The molecule has 2 rings (SSSR count). The summed E-state index contributed by atoms with van der Waals surface area (Å²) >= 11 is 5.72. The molecule has 0 amide bonds. The number of carboxylic acid groups (broad SMARTS) is 1. The minimum Gasteiger partial charge on any atom is -0.486 e. The highest BCUT2D eigenvalue weighted by Crippen LogP contribution is 2.17. The topological polar surface area (TPSA) is 88.5 Å². The van der Waals surface area contributed by atoms with Crippen molar-refractivity contribution in [1.82, 2.24) is 10.3 Å². The molecule has 0 saturated carbocycles. The summed E-state index contributed by atoms with van der Waals surface area (Å²) in [5.41, 5.74) is 0. The van der Waals surface area contributed by atoms with Gasteiger partial charge in [0.15, 0.2) is 5.78 Å². The molecule has 0 unspecified atom stereocenters. The van der Waals surface area contributed by atoms with Crippen LogP contribution in [0, 0.1) is 5.92 Å². The second-order valence-electron chi connectivity index (χ2n) is 4.90. The molecule has 0 spiro atoms. The van der Waals surface area contributed by atoms with Gasteiger partial charge < -0.3 is 15.2 Å². The number of piperidine rings is 1. The van der Waals surface area contributed by atoms with Gasteiger partial charge in [-0.15, -0.1) is 0 Å². The number of nitrogens with one attached hydrogen (secondary N) is 1. The second-order valence-corrected chi connectivity index (χ2v) is 5.28. The van der Waals surface area contributed by atoms with E-state index in [0.29, 0.717) is 10.9 Å². The number of aliphatic carboxylic acids is 1. The number of carbonyl (C=O) groups is 2. The number of carbonyl (C=O) groups excluding carboxylic acids is 1. The number of rotatable bonds is 4. The molecule has 2 N–H and O–H groups in total. The third-order valence-corrected chi connectivity index (χ3v) is 3.32. The van der Waals surface area contributed by atoms with Crippen LogP contribution in [0.5, 0.6) is 5.75 Å². The first-order valence-corrected chi connectivity index (χ1v) is 7.36. The van der Waals surface area contributed by atoms with E-state index in [1.807, 2.05) is 0 Å². The van der Waals surface area contributed by atoms with Gasteiger partial charge in [-0.3, -0.25) is 4.79 Å². The Labute approximate surface area is 141 Å². The highest BCUT2D eigenvalue weighted by molar-refractivity contribution is 6.29. The summed E-state index contributed by atoms with van der Waals surface area (Å²) in [6, 6.07) is 3.30. The highest BCUT2D eigenvalue weighted by atomic mass is 35.5. The molecule has 0 radical (unpaired) electrons. The summed E-state index contributed by atoms with van der Waals surface area (Å²) < 4.78 is 37.1. The molecule has 0 aliphatic carbocycles. The normalized spacial score (nSPS) is 15.2. The van der Waals surface area contributed by atoms with Crippen molar-refractivity contribution in [3.63, 3.8) is 0 Å². The van der Waals surface area contributed by atoms with Crippen LogP contribution < -0.4 is 10.1 Å². The van der Waals surface area contributed by atoms with Gasteiger partial charge in [-0.25, -0.2) is 9.78 Å². The van der Waals surface area contributed by atoms with E-state index < -0.39 is 12.1 Å². The Morgan fingerprint density at radius 1 is 1.38 bits per heavy atom. The first-order chi connectivity index (χ1) is 11.2. The Bertz CT molecular complexity index is 563. The molecule has 1 aliphatic heterocycles. The van der Waals surface area contributed by atoms with Crippen molar-refractivity contribution >= 4 is 23.4 Å². The van der Waals surface area contributed by atoms with Gasteiger partial charge in [0, 0.05) is 18.2 Å². The third-order valence-electron chi connectivity index (χ3n) is 3.12. The zero-order valence-corrected chi connectivity index (χ0v) is 13.2. The summed E-state index contributed by atoms with van der Waals surface area (Å²) in [6.45, 7) is 1.94. The second kappa shape index (κ2) is 9.43. The zero-order chi connectivity index (χ0) is 18.2. The SMILES string of the molecule is O=C(COc1ccnc(Cl)c1)C1CCNCC1.O=C(O)C(F)(F)F. The van der Waals surface area contributed by atoms with E-state index >= 15 is 0 Å². The van der Waals surface area contributed by atoms with Crippen molar-refractivity contribution in [3.05, 3.63) is 23.5 Å². The quantitative estimate of drug-likeness (QED) is 0.793. The van der Waals surface area contributed by atoms with Crippen molar-refractivity contribution < 1.29 is 32.6 Å². The van der Waals surface area contributed by atoms with Gasteiger partial charge in [0.25, 0.3) is 0 Å². The molecule has 0 atom stereocenters. The largest absolute Gasteiger partial charge is 0.490 e. The number of halogens is 4. The number of nitrogens with zero attached hydrogens (tertiary/aromatic N) is 1. The van der Waals surface area contributed by atoms with Crippen LogP contribution in [-0.2, 0) is 9.59 Å². The van der Waals surface area contributed by atoms with Gasteiger partial charge in [0.05, 0.1) is 0 Å². The van der Waals surface area contributed by atoms with E-state index in [1.165, 1.54) is 0 Å². The minimum atomic E-state index is -5.08. The van der Waals surface area contributed by atoms with Crippen LogP contribution >= 0.6 is 11.6 Å². The van der Waals surface area contributed by atoms with Crippen molar-refractivity contribution in [2.45, 2.75) is 19.0 Å². The van der Waals surface area contributed by atoms with Crippen LogP contribution in [0.25, 0.3) is 0 Å². The average molecular weight is 369 g/mol. The molecule has 10 heteroatoms. The predicted molar refractivity (Wildman–Crippen MR) is 79.0 cm³/mol. The van der Waals surface area contributed by atoms with Gasteiger partial charge in [-0.1, -0.05) is 11.6 Å². The number of ether oxygens (including phenoxy) is 1. The molecule has 1 fully saturated rings. The molecule has 1 aromatic heterocycles. The summed E-state index contributed by atoms with van der Waals surface area (Å²) in [5, 5.41) is 10.7. The minimum absolute atomic E-state index is 0.116. The molecular formula is C14H16ClF3N2O4. The number of ketones is 1. The lowest BCUT2D eigenvalue weighted by Crippen LogP contribution is -2.33. The molecule has 2 heterocycles. The van der Waals surface area contributed by atoms with E-state index in [2.05, 4.69) is 10.3 Å². The highest BCUT2D eigenvalue weighted by Gasteiger charge is 2.38. The van der Waals surface area contributed by atoms with Gasteiger partial charge in [0.1, 0.15) is 17.5 Å². The summed E-state index contributed by atoms with van der Waals surface area (Å²) in [7, 11) is 0. The molecule has 1 saturated heterocycles. The molecular weight excluding hydrogens is 353 g/mol. The van der Waals surface area contributed by atoms with Crippen LogP contribution in [0.3, 0.4) is 0 Å². The fourth-order valence-electron chi connectivity index (χ4n) is 1.89. The van der Waals surface area contributed by atoms with Crippen molar-refractivity contribution in [1.29, 1.82) is 0 Å². The van der Waals surface area contributed by atoms with Gasteiger partial charge in [0.2, 0.25) is 0 Å². The van der Waals surface area contributed by atoms with Crippen LogP contribution in [-0.4, -0.2) is 47.7 Å². The maximum Gasteiger partial charge on any atom is 0.490 e. The number of hydrogen-bond acceptors (Lipinski definition) is 5. The first kappa shape index (κ1) is 20.2.